The van der Waals surface area contributed by atoms with E-state index in [1.54, 1.807) is 13.2 Å². The van der Waals surface area contributed by atoms with E-state index in [4.69, 9.17) is 18.6 Å². The number of furan rings is 1. The van der Waals surface area contributed by atoms with Crippen LogP contribution in [0.15, 0.2) is 59.2 Å². The minimum Gasteiger partial charge on any atom is -0.490 e. The molecule has 31 heavy (non-hydrogen) atoms. The van der Waals surface area contributed by atoms with Crippen molar-refractivity contribution in [3.8, 4) is 5.75 Å². The molecule has 0 bridgehead atoms. The van der Waals surface area contributed by atoms with Crippen LogP contribution in [0.1, 0.15) is 25.0 Å². The van der Waals surface area contributed by atoms with Crippen molar-refractivity contribution in [1.29, 1.82) is 0 Å². The van der Waals surface area contributed by atoms with E-state index >= 15 is 0 Å². The van der Waals surface area contributed by atoms with Crippen molar-refractivity contribution in [2.45, 2.75) is 26.4 Å². The van der Waals surface area contributed by atoms with E-state index in [2.05, 4.69) is 24.3 Å². The molecule has 4 rings (SSSR count). The maximum atomic E-state index is 12.0. The van der Waals surface area contributed by atoms with Crippen LogP contribution in [-0.2, 0) is 20.7 Å². The quantitative estimate of drug-likeness (QED) is 0.391. The zero-order valence-electron chi connectivity index (χ0n) is 17.8. The molecule has 0 amide bonds. The third kappa shape index (κ3) is 4.72. The van der Waals surface area contributed by atoms with Gasteiger partial charge < -0.3 is 18.6 Å². The predicted octanol–water partition coefficient (Wildman–Crippen LogP) is 3.08. The van der Waals surface area contributed by atoms with Crippen molar-refractivity contribution in [2.24, 2.45) is 0 Å². The van der Waals surface area contributed by atoms with E-state index in [9.17, 15) is 4.79 Å². The Morgan fingerprint density at radius 2 is 1.90 bits per heavy atom. The molecule has 0 aliphatic heterocycles. The van der Waals surface area contributed by atoms with Crippen molar-refractivity contribution in [1.82, 2.24) is 0 Å². The Bertz CT molecular complexity index is 1250. The van der Waals surface area contributed by atoms with Crippen LogP contribution in [0.3, 0.4) is 0 Å². The van der Waals surface area contributed by atoms with E-state index < -0.39 is 6.10 Å². The average molecular weight is 418 g/mol. The number of rotatable bonds is 9. The second kappa shape index (κ2) is 9.67. The van der Waals surface area contributed by atoms with Gasteiger partial charge in [0.1, 0.15) is 17.8 Å². The summed E-state index contributed by atoms with van der Waals surface area (Å²) in [4.78, 5) is 12.0. The Labute approximate surface area is 180 Å². The maximum Gasteiger partial charge on any atom is 0.335 e. The molecule has 1 unspecified atom stereocenters. The third-order valence-corrected chi connectivity index (χ3v) is 5.18. The van der Waals surface area contributed by atoms with Gasteiger partial charge in [0.25, 0.3) is 0 Å². The zero-order chi connectivity index (χ0) is 21.6. The summed E-state index contributed by atoms with van der Waals surface area (Å²) in [6.07, 6.45) is 5.79. The summed E-state index contributed by atoms with van der Waals surface area (Å²) in [6, 6.07) is 15.9. The normalized spacial score (nSPS) is 13.3. The van der Waals surface area contributed by atoms with Gasteiger partial charge in [0.2, 0.25) is 0 Å². The molecular weight excluding hydrogens is 392 g/mol. The Kier molecular flexibility index (Phi) is 6.53. The molecule has 0 N–H and O–H groups in total. The number of hydrogen-bond donors (Lipinski definition) is 0. The second-order valence-corrected chi connectivity index (χ2v) is 7.22. The molecular formula is C26H26O5. The van der Waals surface area contributed by atoms with Gasteiger partial charge in [-0.1, -0.05) is 30.3 Å². The molecule has 0 spiro atoms. The zero-order valence-corrected chi connectivity index (χ0v) is 17.8. The van der Waals surface area contributed by atoms with E-state index in [1.807, 2.05) is 43.3 Å². The Balaban J connectivity index is 1.44. The Hall–Kier alpha value is -3.31. The van der Waals surface area contributed by atoms with Crippen LogP contribution in [0.2, 0.25) is 0 Å². The monoisotopic (exact) mass is 418 g/mol. The molecule has 1 aliphatic rings. The number of benzene rings is 2. The summed E-state index contributed by atoms with van der Waals surface area (Å²) < 4.78 is 22.2. The van der Waals surface area contributed by atoms with Gasteiger partial charge in [-0.05, 0) is 60.5 Å². The highest BCUT2D eigenvalue weighted by atomic mass is 16.6. The fraction of sp³-hybridized carbons (Fsp3) is 0.269. The van der Waals surface area contributed by atoms with Gasteiger partial charge in [0.05, 0.1) is 12.9 Å². The predicted molar refractivity (Wildman–Crippen MR) is 118 cm³/mol. The van der Waals surface area contributed by atoms with Crippen LogP contribution in [0.5, 0.6) is 5.75 Å². The van der Waals surface area contributed by atoms with Crippen molar-refractivity contribution in [3.63, 3.8) is 0 Å². The van der Waals surface area contributed by atoms with E-state index in [1.165, 1.54) is 0 Å². The highest BCUT2D eigenvalue weighted by molar-refractivity contribution is 5.75. The standard InChI is InChI=1S/C26H26O5/c1-3-28-23(26(27)29-4-2)16-18-8-10-22(11-9-18)30-14-12-19-6-5-7-20-17-21-13-15-31-25(21)24(19)20/h5-13,15,17,23H,3-4,14,16H2,1-2H3. The number of esters is 1. The summed E-state index contributed by atoms with van der Waals surface area (Å²) in [5.74, 6) is 0.438. The van der Waals surface area contributed by atoms with Crippen LogP contribution >= 0.6 is 0 Å². The fourth-order valence-corrected chi connectivity index (χ4v) is 3.76. The number of carbonyl (C=O) groups excluding carboxylic acids is 1. The van der Waals surface area contributed by atoms with Gasteiger partial charge in [0, 0.05) is 23.5 Å². The minimum atomic E-state index is -0.589. The highest BCUT2D eigenvalue weighted by Crippen LogP contribution is 2.15. The molecule has 5 nitrogen and oxygen atoms in total. The maximum absolute atomic E-state index is 12.0. The van der Waals surface area contributed by atoms with Crippen molar-refractivity contribution < 1.29 is 23.4 Å². The fourth-order valence-electron chi connectivity index (χ4n) is 3.76. The summed E-state index contributed by atoms with van der Waals surface area (Å²) >= 11 is 0. The molecule has 0 saturated carbocycles. The molecule has 160 valence electrons. The molecule has 3 aromatic rings. The van der Waals surface area contributed by atoms with Gasteiger partial charge in [-0.2, -0.15) is 0 Å². The van der Waals surface area contributed by atoms with Crippen LogP contribution in [0, 0.1) is 10.6 Å². The lowest BCUT2D eigenvalue weighted by atomic mass is 10.1. The molecule has 0 radical (unpaired) electrons. The molecule has 0 fully saturated rings. The molecule has 1 heterocycles. The van der Waals surface area contributed by atoms with Crippen LogP contribution in [-0.4, -0.2) is 31.9 Å². The summed E-state index contributed by atoms with van der Waals surface area (Å²) in [5, 5.41) is 3.32. The molecule has 1 aromatic heterocycles. The summed E-state index contributed by atoms with van der Waals surface area (Å²) in [7, 11) is 0. The number of ether oxygens (including phenoxy) is 3. The van der Waals surface area contributed by atoms with Crippen LogP contribution < -0.4 is 15.2 Å². The van der Waals surface area contributed by atoms with Crippen LogP contribution in [0.25, 0.3) is 12.2 Å². The van der Waals surface area contributed by atoms with Gasteiger partial charge in [-0.15, -0.1) is 0 Å². The first-order valence-electron chi connectivity index (χ1n) is 10.6. The topological polar surface area (TPSA) is 57.9 Å². The van der Waals surface area contributed by atoms with Gasteiger partial charge in [-0.25, -0.2) is 4.79 Å². The Morgan fingerprint density at radius 3 is 2.68 bits per heavy atom. The van der Waals surface area contributed by atoms with Crippen molar-refractivity contribution in [3.05, 3.63) is 87.0 Å². The van der Waals surface area contributed by atoms with E-state index in [0.29, 0.717) is 26.2 Å². The van der Waals surface area contributed by atoms with E-state index in [0.717, 1.165) is 37.9 Å². The Morgan fingerprint density at radius 1 is 1.06 bits per heavy atom. The number of hydrogen-bond acceptors (Lipinski definition) is 5. The van der Waals surface area contributed by atoms with Gasteiger partial charge in [-0.3, -0.25) is 0 Å². The average Bonchev–Trinajstić information content (AvgIpc) is 3.36. The summed E-state index contributed by atoms with van der Waals surface area (Å²) in [6.45, 7) is 4.90. The summed E-state index contributed by atoms with van der Waals surface area (Å²) in [5.41, 5.74) is 3.07. The lowest BCUT2D eigenvalue weighted by Crippen LogP contribution is -2.28. The number of fused-ring (bicyclic) bond motifs is 2. The molecule has 0 saturated heterocycles. The first-order valence-corrected chi connectivity index (χ1v) is 10.6. The third-order valence-electron chi connectivity index (χ3n) is 5.18. The molecule has 1 atom stereocenters. The molecule has 5 heteroatoms. The lowest BCUT2D eigenvalue weighted by Gasteiger charge is -2.15. The highest BCUT2D eigenvalue weighted by Gasteiger charge is 2.20. The molecule has 1 aliphatic carbocycles. The van der Waals surface area contributed by atoms with Crippen LogP contribution in [0.4, 0.5) is 0 Å². The van der Waals surface area contributed by atoms with Gasteiger partial charge in [0.15, 0.2) is 6.10 Å². The van der Waals surface area contributed by atoms with Crippen molar-refractivity contribution >= 4 is 18.1 Å². The SMILES string of the molecule is CCOC(=O)C(Cc1ccc(OCC=c2cccc3c2=c2occc2=C3)cc1)OCC. The second-order valence-electron chi connectivity index (χ2n) is 7.22. The largest absolute Gasteiger partial charge is 0.490 e. The molecule has 2 aromatic carbocycles. The minimum absolute atomic E-state index is 0.327. The first kappa shape index (κ1) is 20.9. The smallest absolute Gasteiger partial charge is 0.335 e. The van der Waals surface area contributed by atoms with Gasteiger partial charge >= 0.3 is 5.97 Å². The van der Waals surface area contributed by atoms with Crippen molar-refractivity contribution in [2.75, 3.05) is 19.8 Å². The van der Waals surface area contributed by atoms with E-state index in [-0.39, 0.29) is 5.97 Å². The number of carbonyl (C=O) groups is 1. The first-order chi connectivity index (χ1) is 15.2. The lowest BCUT2D eigenvalue weighted by molar-refractivity contribution is -0.156.